The van der Waals surface area contributed by atoms with E-state index in [1.807, 2.05) is 24.3 Å². The number of carbonyl (C=O) groups is 2. The van der Waals surface area contributed by atoms with Gasteiger partial charge in [-0.05, 0) is 28.5 Å². The Hall–Kier alpha value is -3.30. The highest BCUT2D eigenvalue weighted by Crippen LogP contribution is 2.20. The summed E-state index contributed by atoms with van der Waals surface area (Å²) in [5, 5.41) is 16.4. The molecule has 0 spiro atoms. The number of fused-ring (bicyclic) bond motifs is 1. The first-order chi connectivity index (χ1) is 14.2. The average molecular weight is 404 g/mol. The van der Waals surface area contributed by atoms with Gasteiger partial charge in [-0.3, -0.25) is 9.59 Å². The van der Waals surface area contributed by atoms with E-state index in [4.69, 9.17) is 5.26 Å². The Bertz CT molecular complexity index is 1030. The molecule has 6 heteroatoms. The van der Waals surface area contributed by atoms with Gasteiger partial charge in [-0.2, -0.15) is 17.0 Å². The minimum Gasteiger partial charge on any atom is -0.341 e. The fourth-order valence-corrected chi connectivity index (χ4v) is 3.89. The van der Waals surface area contributed by atoms with E-state index >= 15 is 0 Å². The number of nitriles is 1. The molecule has 0 aliphatic heterocycles. The predicted octanol–water partition coefficient (Wildman–Crippen LogP) is 3.51. The Kier molecular flexibility index (Phi) is 7.26. The molecule has 2 N–H and O–H groups in total. The first-order valence-electron chi connectivity index (χ1n) is 9.23. The van der Waals surface area contributed by atoms with Crippen LogP contribution in [-0.4, -0.2) is 30.2 Å². The van der Waals surface area contributed by atoms with Crippen LogP contribution in [0.3, 0.4) is 0 Å². The second-order valence-electron chi connectivity index (χ2n) is 6.46. The maximum absolute atomic E-state index is 12.4. The lowest BCUT2D eigenvalue weighted by Crippen LogP contribution is -2.48. The summed E-state index contributed by atoms with van der Waals surface area (Å²) in [4.78, 5) is 24.8. The zero-order chi connectivity index (χ0) is 20.5. The second kappa shape index (κ2) is 10.3. The molecule has 0 fully saturated rings. The van der Waals surface area contributed by atoms with Crippen LogP contribution in [-0.2, 0) is 10.5 Å². The van der Waals surface area contributed by atoms with Gasteiger partial charge < -0.3 is 10.6 Å². The summed E-state index contributed by atoms with van der Waals surface area (Å²) in [6, 6.07) is 24.4. The Balaban J connectivity index is 1.63. The maximum atomic E-state index is 12.4. The predicted molar refractivity (Wildman–Crippen MR) is 116 cm³/mol. The van der Waals surface area contributed by atoms with E-state index in [0.29, 0.717) is 17.1 Å². The highest BCUT2D eigenvalue weighted by molar-refractivity contribution is 7.98. The molecule has 0 saturated carbocycles. The van der Waals surface area contributed by atoms with Crippen LogP contribution in [0.1, 0.15) is 15.9 Å². The van der Waals surface area contributed by atoms with E-state index in [1.165, 1.54) is 10.8 Å². The van der Waals surface area contributed by atoms with E-state index in [2.05, 4.69) is 41.0 Å². The quantitative estimate of drug-likeness (QED) is 0.564. The van der Waals surface area contributed by atoms with Crippen molar-refractivity contribution in [2.24, 2.45) is 0 Å². The second-order valence-corrected chi connectivity index (χ2v) is 7.49. The molecule has 0 radical (unpaired) electrons. The summed E-state index contributed by atoms with van der Waals surface area (Å²) in [5.41, 5.74) is 1.64. The fraction of sp³-hybridized carbons (Fsp3) is 0.174. The van der Waals surface area contributed by atoms with Crippen LogP contribution in [0.4, 0.5) is 0 Å². The molecule has 29 heavy (non-hydrogen) atoms. The van der Waals surface area contributed by atoms with Gasteiger partial charge in [0.25, 0.3) is 5.91 Å². The van der Waals surface area contributed by atoms with Crippen molar-refractivity contribution in [3.8, 4) is 6.07 Å². The van der Waals surface area contributed by atoms with Crippen LogP contribution < -0.4 is 10.6 Å². The van der Waals surface area contributed by atoms with Gasteiger partial charge in [0, 0.05) is 17.1 Å². The van der Waals surface area contributed by atoms with E-state index in [9.17, 15) is 9.59 Å². The topological polar surface area (TPSA) is 82.0 Å². The minimum absolute atomic E-state index is 0.0914. The van der Waals surface area contributed by atoms with Gasteiger partial charge in [0.1, 0.15) is 12.6 Å². The summed E-state index contributed by atoms with van der Waals surface area (Å²) in [7, 11) is 0. The van der Waals surface area contributed by atoms with Crippen LogP contribution in [0.15, 0.2) is 72.8 Å². The zero-order valence-corrected chi connectivity index (χ0v) is 16.6. The van der Waals surface area contributed by atoms with Gasteiger partial charge >= 0.3 is 0 Å². The van der Waals surface area contributed by atoms with Crippen molar-refractivity contribution >= 4 is 34.3 Å². The number of nitrogens with zero attached hydrogens (tertiary/aromatic N) is 1. The molecule has 5 nitrogen and oxygen atoms in total. The van der Waals surface area contributed by atoms with E-state index < -0.39 is 6.04 Å². The minimum atomic E-state index is -0.721. The summed E-state index contributed by atoms with van der Waals surface area (Å²) < 4.78 is 0. The van der Waals surface area contributed by atoms with Crippen LogP contribution in [0, 0.1) is 11.3 Å². The molecule has 0 unspecified atom stereocenters. The molecule has 3 aromatic rings. The van der Waals surface area contributed by atoms with Gasteiger partial charge in [0.05, 0.1) is 6.07 Å². The van der Waals surface area contributed by atoms with Crippen LogP contribution in [0.2, 0.25) is 0 Å². The largest absolute Gasteiger partial charge is 0.341 e. The van der Waals surface area contributed by atoms with Gasteiger partial charge in [-0.1, -0.05) is 60.7 Å². The van der Waals surface area contributed by atoms with Crippen molar-refractivity contribution in [2.45, 2.75) is 11.8 Å². The number of rotatable bonds is 8. The summed E-state index contributed by atoms with van der Waals surface area (Å²) in [5.74, 6) is 0.451. The number of nitrogens with one attached hydrogen (secondary N) is 2. The standard InChI is InChI=1S/C23H21N3O2S/c24-12-13-25-23(28)21(26-22(27)19-7-2-1-3-8-19)16-29-15-17-10-11-18-6-4-5-9-20(18)14-17/h1-11,14,21H,13,15-16H2,(H,25,28)(H,26,27)/t21-/m0/s1. The Morgan fingerprint density at radius 2 is 1.69 bits per heavy atom. The van der Waals surface area contributed by atoms with Gasteiger partial charge in [0.15, 0.2) is 0 Å². The molecule has 3 aromatic carbocycles. The third-order valence-corrected chi connectivity index (χ3v) is 5.47. The number of thioether (sulfide) groups is 1. The molecule has 0 aliphatic carbocycles. The molecule has 1 atom stereocenters. The van der Waals surface area contributed by atoms with Crippen molar-refractivity contribution in [1.82, 2.24) is 10.6 Å². The molecule has 0 aromatic heterocycles. The van der Waals surface area contributed by atoms with Crippen molar-refractivity contribution in [3.63, 3.8) is 0 Å². The number of hydrogen-bond acceptors (Lipinski definition) is 4. The Morgan fingerprint density at radius 3 is 2.45 bits per heavy atom. The lowest BCUT2D eigenvalue weighted by Gasteiger charge is -2.17. The SMILES string of the molecule is N#CCNC(=O)[C@H](CSCc1ccc2ccccc2c1)NC(=O)c1ccccc1. The number of hydrogen-bond donors (Lipinski definition) is 2. The summed E-state index contributed by atoms with van der Waals surface area (Å²) in [6.45, 7) is -0.0914. The first kappa shape index (κ1) is 20.4. The third kappa shape index (κ3) is 5.84. The summed E-state index contributed by atoms with van der Waals surface area (Å²) in [6.07, 6.45) is 0. The lowest BCUT2D eigenvalue weighted by molar-refractivity contribution is -0.122. The molecular formula is C23H21N3O2S. The number of amides is 2. The maximum Gasteiger partial charge on any atom is 0.251 e. The van der Waals surface area contributed by atoms with Crippen molar-refractivity contribution in [1.29, 1.82) is 5.26 Å². The molecule has 146 valence electrons. The number of benzene rings is 3. The van der Waals surface area contributed by atoms with Gasteiger partial charge in [0.2, 0.25) is 5.91 Å². The summed E-state index contributed by atoms with van der Waals surface area (Å²) >= 11 is 1.56. The molecular weight excluding hydrogens is 382 g/mol. The lowest BCUT2D eigenvalue weighted by atomic mass is 10.1. The smallest absolute Gasteiger partial charge is 0.251 e. The molecule has 0 heterocycles. The Morgan fingerprint density at radius 1 is 0.966 bits per heavy atom. The fourth-order valence-electron chi connectivity index (χ4n) is 2.89. The monoisotopic (exact) mass is 403 g/mol. The average Bonchev–Trinajstić information content (AvgIpc) is 2.77. The van der Waals surface area contributed by atoms with Crippen LogP contribution in [0.25, 0.3) is 10.8 Å². The highest BCUT2D eigenvalue weighted by Gasteiger charge is 2.21. The molecule has 0 bridgehead atoms. The van der Waals surface area contributed by atoms with E-state index in [0.717, 1.165) is 5.56 Å². The van der Waals surface area contributed by atoms with Crippen LogP contribution >= 0.6 is 11.8 Å². The van der Waals surface area contributed by atoms with Crippen LogP contribution in [0.5, 0.6) is 0 Å². The van der Waals surface area contributed by atoms with E-state index in [-0.39, 0.29) is 18.4 Å². The first-order valence-corrected chi connectivity index (χ1v) is 10.4. The zero-order valence-electron chi connectivity index (χ0n) is 15.8. The molecule has 0 aliphatic rings. The van der Waals surface area contributed by atoms with Crippen molar-refractivity contribution in [3.05, 3.63) is 83.9 Å². The number of carbonyl (C=O) groups excluding carboxylic acids is 2. The van der Waals surface area contributed by atoms with E-state index in [1.54, 1.807) is 36.0 Å². The molecule has 3 rings (SSSR count). The third-order valence-electron chi connectivity index (χ3n) is 4.37. The highest BCUT2D eigenvalue weighted by atomic mass is 32.2. The Labute approximate surface area is 174 Å². The van der Waals surface area contributed by atoms with Crippen molar-refractivity contribution in [2.75, 3.05) is 12.3 Å². The van der Waals surface area contributed by atoms with Crippen molar-refractivity contribution < 1.29 is 9.59 Å². The van der Waals surface area contributed by atoms with Gasteiger partial charge in [-0.25, -0.2) is 0 Å². The molecule has 2 amide bonds. The normalized spacial score (nSPS) is 11.4. The van der Waals surface area contributed by atoms with Gasteiger partial charge in [-0.15, -0.1) is 0 Å². The molecule has 0 saturated heterocycles.